The van der Waals surface area contributed by atoms with Gasteiger partial charge in [-0.05, 0) is 67.4 Å². The van der Waals surface area contributed by atoms with E-state index in [-0.39, 0.29) is 30.4 Å². The lowest BCUT2D eigenvalue weighted by Crippen LogP contribution is -2.12. The van der Waals surface area contributed by atoms with Crippen molar-refractivity contribution >= 4 is 50.5 Å². The first-order valence-electron chi connectivity index (χ1n) is 11.9. The van der Waals surface area contributed by atoms with Crippen molar-refractivity contribution in [3.63, 3.8) is 0 Å². The third-order valence-electron chi connectivity index (χ3n) is 5.29. The number of esters is 1. The van der Waals surface area contributed by atoms with Crippen LogP contribution in [0.5, 0.6) is 11.5 Å². The molecular formula is C29H25BrFNO5S. The van der Waals surface area contributed by atoms with Crippen LogP contribution in [-0.4, -0.2) is 29.3 Å². The van der Waals surface area contributed by atoms with Gasteiger partial charge in [0.1, 0.15) is 28.8 Å². The van der Waals surface area contributed by atoms with E-state index in [4.69, 9.17) is 14.2 Å². The summed E-state index contributed by atoms with van der Waals surface area (Å²) in [6.45, 7) is 4.28. The first kappa shape index (κ1) is 27.5. The molecule has 0 amide bonds. The lowest BCUT2D eigenvalue weighted by Gasteiger charge is -2.14. The van der Waals surface area contributed by atoms with Gasteiger partial charge >= 0.3 is 5.97 Å². The molecule has 6 nitrogen and oxygen atoms in total. The fourth-order valence-corrected chi connectivity index (χ4v) is 5.05. The molecule has 4 rings (SSSR count). The number of nitrogens with zero attached hydrogens (tertiary/aromatic N) is 1. The molecule has 0 fully saturated rings. The topological polar surface area (TPSA) is 77.4 Å². The predicted octanol–water partition coefficient (Wildman–Crippen LogP) is 7.76. The summed E-state index contributed by atoms with van der Waals surface area (Å²) in [4.78, 5) is 17.7. The summed E-state index contributed by atoms with van der Waals surface area (Å²) in [6.07, 6.45) is 1.73. The minimum atomic E-state index is -0.647. The Kier molecular flexibility index (Phi) is 9.25. The van der Waals surface area contributed by atoms with Crippen LogP contribution in [0.25, 0.3) is 6.08 Å². The zero-order chi connectivity index (χ0) is 27.1. The van der Waals surface area contributed by atoms with E-state index < -0.39 is 5.97 Å². The van der Waals surface area contributed by atoms with Crippen LogP contribution in [0.15, 0.2) is 92.4 Å². The number of hydrogen-bond donors (Lipinski definition) is 1. The molecule has 0 saturated heterocycles. The second-order valence-corrected chi connectivity index (χ2v) is 9.86. The van der Waals surface area contributed by atoms with E-state index in [9.17, 15) is 14.3 Å². The third kappa shape index (κ3) is 6.65. The van der Waals surface area contributed by atoms with Gasteiger partial charge in [0.2, 0.25) is 0 Å². The van der Waals surface area contributed by atoms with Crippen molar-refractivity contribution in [3.8, 4) is 11.5 Å². The van der Waals surface area contributed by atoms with E-state index in [2.05, 4.69) is 20.9 Å². The molecule has 0 atom stereocenters. The summed E-state index contributed by atoms with van der Waals surface area (Å²) >= 11 is 4.74. The van der Waals surface area contributed by atoms with E-state index >= 15 is 0 Å². The predicted molar refractivity (Wildman–Crippen MR) is 151 cm³/mol. The monoisotopic (exact) mass is 597 g/mol. The zero-order valence-electron chi connectivity index (χ0n) is 20.7. The summed E-state index contributed by atoms with van der Waals surface area (Å²) in [5, 5.41) is 11.4. The molecule has 196 valence electrons. The number of benzene rings is 3. The summed E-state index contributed by atoms with van der Waals surface area (Å²) in [5.41, 5.74) is 2.03. The number of para-hydroxylation sites is 1. The van der Waals surface area contributed by atoms with Crippen molar-refractivity contribution in [2.75, 3.05) is 13.2 Å². The number of hydrogen-bond acceptors (Lipinski definition) is 7. The summed E-state index contributed by atoms with van der Waals surface area (Å²) in [5.74, 6) is -0.236. The van der Waals surface area contributed by atoms with Gasteiger partial charge in [-0.1, -0.05) is 58.0 Å². The Morgan fingerprint density at radius 2 is 1.79 bits per heavy atom. The van der Waals surface area contributed by atoms with E-state index in [1.54, 1.807) is 37.3 Å². The van der Waals surface area contributed by atoms with Gasteiger partial charge in [0.15, 0.2) is 11.5 Å². The average Bonchev–Trinajstić information content (AvgIpc) is 3.20. The Labute approximate surface area is 233 Å². The molecule has 0 radical (unpaired) electrons. The third-order valence-corrected chi connectivity index (χ3v) is 7.00. The summed E-state index contributed by atoms with van der Waals surface area (Å²) in [7, 11) is 0. The lowest BCUT2D eigenvalue weighted by molar-refractivity contribution is -0.138. The van der Waals surface area contributed by atoms with Crippen LogP contribution in [0.2, 0.25) is 0 Å². The molecule has 0 bridgehead atoms. The van der Waals surface area contributed by atoms with Crippen molar-refractivity contribution in [1.29, 1.82) is 0 Å². The normalized spacial score (nSPS) is 15.3. The van der Waals surface area contributed by atoms with E-state index in [1.165, 1.54) is 23.9 Å². The number of aliphatic hydroxyl groups is 1. The van der Waals surface area contributed by atoms with Crippen molar-refractivity contribution in [1.82, 2.24) is 0 Å². The number of halogens is 2. The highest BCUT2D eigenvalue weighted by Gasteiger charge is 2.33. The van der Waals surface area contributed by atoms with Crippen molar-refractivity contribution < 1.29 is 28.5 Å². The molecule has 1 N–H and O–H groups in total. The molecule has 1 aliphatic rings. The maximum absolute atomic E-state index is 13.5. The second-order valence-electron chi connectivity index (χ2n) is 7.98. The number of ether oxygens (including phenoxy) is 3. The summed E-state index contributed by atoms with van der Waals surface area (Å²) < 4.78 is 31.1. The van der Waals surface area contributed by atoms with Crippen LogP contribution in [0, 0.1) is 5.82 Å². The second kappa shape index (κ2) is 12.8. The molecule has 3 aromatic carbocycles. The first-order valence-corrected chi connectivity index (χ1v) is 13.5. The molecular weight excluding hydrogens is 573 g/mol. The highest BCUT2D eigenvalue weighted by Crippen LogP contribution is 2.42. The zero-order valence-corrected chi connectivity index (χ0v) is 23.1. The maximum Gasteiger partial charge on any atom is 0.344 e. The summed E-state index contributed by atoms with van der Waals surface area (Å²) in [6, 6.07) is 18.9. The maximum atomic E-state index is 13.5. The highest BCUT2D eigenvalue weighted by molar-refractivity contribution is 9.10. The fraction of sp³-hybridized carbons (Fsp3) is 0.172. The average molecular weight is 598 g/mol. The van der Waals surface area contributed by atoms with Crippen LogP contribution in [0.4, 0.5) is 10.1 Å². The number of aliphatic imine (C=N–C) groups is 1. The number of carbonyl (C=O) groups excluding carboxylic acids is 1. The quantitative estimate of drug-likeness (QED) is 0.254. The van der Waals surface area contributed by atoms with Crippen LogP contribution >= 0.6 is 27.7 Å². The molecule has 0 aliphatic carbocycles. The van der Waals surface area contributed by atoms with Gasteiger partial charge in [0.05, 0.1) is 23.8 Å². The Morgan fingerprint density at radius 3 is 2.50 bits per heavy atom. The Balaban J connectivity index is 1.68. The molecule has 38 heavy (non-hydrogen) atoms. The molecule has 0 unspecified atom stereocenters. The van der Waals surface area contributed by atoms with Crippen molar-refractivity contribution in [3.05, 3.63) is 104 Å². The molecule has 9 heteroatoms. The number of thioether (sulfide) groups is 1. The standard InChI is InChI=1S/C29H25BrFNO5S/c1-3-35-23-14-19(22(30)16-24(23)37-17-18-9-8-10-20(31)13-18)15-25-27(33)26(29(34)36-4-2)28(38-25)32-21-11-6-5-7-12-21/h5-16,33H,3-4,17H2,1-2H3/b25-15-,32-28?. The van der Waals surface area contributed by atoms with Crippen LogP contribution in [-0.2, 0) is 16.1 Å². The van der Waals surface area contributed by atoms with Crippen molar-refractivity contribution in [2.24, 2.45) is 4.99 Å². The molecule has 1 heterocycles. The molecule has 3 aromatic rings. The minimum absolute atomic E-state index is 0.0168. The van der Waals surface area contributed by atoms with Crippen LogP contribution < -0.4 is 9.47 Å². The number of carbonyl (C=O) groups is 1. The van der Waals surface area contributed by atoms with Gasteiger partial charge in [-0.25, -0.2) is 14.2 Å². The molecule has 0 aromatic heterocycles. The number of rotatable bonds is 9. The molecule has 0 spiro atoms. The Morgan fingerprint density at radius 1 is 1.03 bits per heavy atom. The SMILES string of the molecule is CCOC(=O)C1=C(O)/C(=C/c2cc(OCC)c(OCc3cccc(F)c3)cc2Br)SC1=Nc1ccccc1. The largest absolute Gasteiger partial charge is 0.506 e. The highest BCUT2D eigenvalue weighted by atomic mass is 79.9. The Bertz CT molecular complexity index is 1420. The fourth-order valence-electron chi connectivity index (χ4n) is 3.58. The van der Waals surface area contributed by atoms with Gasteiger partial charge < -0.3 is 19.3 Å². The van der Waals surface area contributed by atoms with Crippen molar-refractivity contribution in [2.45, 2.75) is 20.5 Å². The Hall–Kier alpha value is -3.56. The van der Waals surface area contributed by atoms with E-state index in [0.29, 0.717) is 49.3 Å². The van der Waals surface area contributed by atoms with Gasteiger partial charge in [-0.2, -0.15) is 0 Å². The van der Waals surface area contributed by atoms with Gasteiger partial charge in [-0.3, -0.25) is 0 Å². The van der Waals surface area contributed by atoms with E-state index in [1.807, 2.05) is 37.3 Å². The van der Waals surface area contributed by atoms with Gasteiger partial charge in [0, 0.05) is 4.47 Å². The smallest absolute Gasteiger partial charge is 0.344 e. The molecule has 0 saturated carbocycles. The lowest BCUT2D eigenvalue weighted by atomic mass is 10.1. The number of aliphatic hydroxyl groups excluding tert-OH is 1. The molecule has 1 aliphatic heterocycles. The van der Waals surface area contributed by atoms with E-state index in [0.717, 1.165) is 0 Å². The van der Waals surface area contributed by atoms with Crippen LogP contribution in [0.3, 0.4) is 0 Å². The minimum Gasteiger partial charge on any atom is -0.506 e. The first-order chi connectivity index (χ1) is 18.4. The van der Waals surface area contributed by atoms with Gasteiger partial charge in [-0.15, -0.1) is 0 Å². The van der Waals surface area contributed by atoms with Crippen LogP contribution in [0.1, 0.15) is 25.0 Å². The van der Waals surface area contributed by atoms with Gasteiger partial charge in [0.25, 0.3) is 0 Å².